The molecule has 3 rings (SSSR count). The summed E-state index contributed by atoms with van der Waals surface area (Å²) in [5, 5.41) is 14.2. The quantitative estimate of drug-likeness (QED) is 0.733. The number of benzene rings is 1. The van der Waals surface area contributed by atoms with Crippen LogP contribution < -0.4 is 15.4 Å². The lowest BCUT2D eigenvalue weighted by atomic mass is 10.3. The molecule has 0 aliphatic heterocycles. The van der Waals surface area contributed by atoms with E-state index < -0.39 is 5.91 Å². The fraction of sp³-hybridized carbons (Fsp3) is 0.0625. The molecule has 8 heteroatoms. The molecule has 122 valence electrons. The highest BCUT2D eigenvalue weighted by Gasteiger charge is 2.10. The number of anilines is 3. The molecule has 2 N–H and O–H groups in total. The second-order valence-corrected chi connectivity index (χ2v) is 5.14. The summed E-state index contributed by atoms with van der Waals surface area (Å²) < 4.78 is 10.3. The SMILES string of the molecule is COc1ccc(Cl)cc1Nc1ccc(NC(=O)c2ccco2)nn1. The van der Waals surface area contributed by atoms with Crippen molar-refractivity contribution in [1.29, 1.82) is 0 Å². The Hall–Kier alpha value is -3.06. The maximum Gasteiger partial charge on any atom is 0.292 e. The lowest BCUT2D eigenvalue weighted by molar-refractivity contribution is 0.0996. The van der Waals surface area contributed by atoms with Gasteiger partial charge in [0.25, 0.3) is 5.91 Å². The fourth-order valence-electron chi connectivity index (χ4n) is 1.97. The summed E-state index contributed by atoms with van der Waals surface area (Å²) in [6.45, 7) is 0. The van der Waals surface area contributed by atoms with Crippen molar-refractivity contribution in [3.8, 4) is 5.75 Å². The van der Waals surface area contributed by atoms with Crippen LogP contribution in [0, 0.1) is 0 Å². The van der Waals surface area contributed by atoms with Gasteiger partial charge in [0, 0.05) is 5.02 Å². The molecule has 2 aromatic heterocycles. The van der Waals surface area contributed by atoms with E-state index in [1.165, 1.54) is 6.26 Å². The number of amides is 1. The molecule has 0 aliphatic carbocycles. The first kappa shape index (κ1) is 15.8. The normalized spacial score (nSPS) is 10.2. The molecule has 0 atom stereocenters. The highest BCUT2D eigenvalue weighted by Crippen LogP contribution is 2.29. The zero-order chi connectivity index (χ0) is 16.9. The van der Waals surface area contributed by atoms with Crippen LogP contribution in [0.25, 0.3) is 0 Å². The van der Waals surface area contributed by atoms with Gasteiger partial charge in [-0.25, -0.2) is 0 Å². The van der Waals surface area contributed by atoms with E-state index in [9.17, 15) is 4.79 Å². The number of hydrogen-bond donors (Lipinski definition) is 2. The van der Waals surface area contributed by atoms with Crippen LogP contribution in [0.15, 0.2) is 53.1 Å². The van der Waals surface area contributed by atoms with E-state index in [2.05, 4.69) is 20.8 Å². The van der Waals surface area contributed by atoms with Crippen LogP contribution in [0.2, 0.25) is 5.02 Å². The number of carbonyl (C=O) groups excluding carboxylic acids is 1. The standard InChI is InChI=1S/C16H13ClN4O3/c1-23-12-5-4-10(17)9-11(12)18-14-6-7-15(21-20-14)19-16(22)13-3-2-8-24-13/h2-9H,1H3,(H,18,20)(H,19,21,22). The minimum absolute atomic E-state index is 0.197. The Balaban J connectivity index is 1.71. The van der Waals surface area contributed by atoms with Crippen molar-refractivity contribution in [2.75, 3.05) is 17.7 Å². The summed E-state index contributed by atoms with van der Waals surface area (Å²) in [6.07, 6.45) is 1.42. The van der Waals surface area contributed by atoms with Crippen molar-refractivity contribution >= 4 is 34.8 Å². The molecule has 0 saturated heterocycles. The monoisotopic (exact) mass is 344 g/mol. The van der Waals surface area contributed by atoms with Gasteiger partial charge in [-0.15, -0.1) is 10.2 Å². The second kappa shape index (κ2) is 7.01. The number of nitrogens with one attached hydrogen (secondary N) is 2. The summed E-state index contributed by atoms with van der Waals surface area (Å²) in [5.41, 5.74) is 0.659. The molecule has 1 amide bonds. The molecule has 24 heavy (non-hydrogen) atoms. The number of furan rings is 1. The Kier molecular flexibility index (Phi) is 4.62. The molecular weight excluding hydrogens is 332 g/mol. The number of halogens is 1. The summed E-state index contributed by atoms with van der Waals surface area (Å²) in [5.74, 6) is 1.21. The largest absolute Gasteiger partial charge is 0.495 e. The molecule has 0 fully saturated rings. The predicted molar refractivity (Wildman–Crippen MR) is 90.0 cm³/mol. The van der Waals surface area contributed by atoms with Gasteiger partial charge in [-0.3, -0.25) is 4.79 Å². The van der Waals surface area contributed by atoms with Crippen molar-refractivity contribution in [2.24, 2.45) is 0 Å². The highest BCUT2D eigenvalue weighted by atomic mass is 35.5. The zero-order valence-corrected chi connectivity index (χ0v) is 13.4. The second-order valence-electron chi connectivity index (χ2n) is 4.70. The average molecular weight is 345 g/mol. The molecule has 0 saturated carbocycles. The Morgan fingerprint density at radius 1 is 1.17 bits per heavy atom. The number of aromatic nitrogens is 2. The first-order valence-electron chi connectivity index (χ1n) is 6.95. The zero-order valence-electron chi connectivity index (χ0n) is 12.6. The van der Waals surface area contributed by atoms with E-state index in [0.717, 1.165) is 0 Å². The minimum Gasteiger partial charge on any atom is -0.495 e. The van der Waals surface area contributed by atoms with Crippen LogP contribution in [-0.2, 0) is 0 Å². The Morgan fingerprint density at radius 2 is 1.96 bits per heavy atom. The smallest absolute Gasteiger partial charge is 0.292 e. The van der Waals surface area contributed by atoms with E-state index in [1.807, 2.05) is 0 Å². The number of methoxy groups -OCH3 is 1. The lowest BCUT2D eigenvalue weighted by Crippen LogP contribution is -2.12. The molecular formula is C16H13ClN4O3. The molecule has 0 unspecified atom stereocenters. The van der Waals surface area contributed by atoms with Crippen molar-refractivity contribution in [3.05, 3.63) is 59.5 Å². The maximum atomic E-state index is 11.9. The number of carbonyl (C=O) groups is 1. The summed E-state index contributed by atoms with van der Waals surface area (Å²) in [6, 6.07) is 11.7. The Labute approximate surface area is 142 Å². The van der Waals surface area contributed by atoms with Crippen LogP contribution in [-0.4, -0.2) is 23.2 Å². The van der Waals surface area contributed by atoms with Crippen molar-refractivity contribution in [3.63, 3.8) is 0 Å². The topological polar surface area (TPSA) is 89.3 Å². The number of hydrogen-bond acceptors (Lipinski definition) is 6. The van der Waals surface area contributed by atoms with Gasteiger partial charge in [0.05, 0.1) is 19.1 Å². The Morgan fingerprint density at radius 3 is 2.62 bits per heavy atom. The lowest BCUT2D eigenvalue weighted by Gasteiger charge is -2.10. The molecule has 2 heterocycles. The van der Waals surface area contributed by atoms with Gasteiger partial charge < -0.3 is 19.8 Å². The van der Waals surface area contributed by atoms with Gasteiger partial charge in [-0.1, -0.05) is 11.6 Å². The van der Waals surface area contributed by atoms with Gasteiger partial charge in [-0.2, -0.15) is 0 Å². The third kappa shape index (κ3) is 3.64. The summed E-state index contributed by atoms with van der Waals surface area (Å²) >= 11 is 5.98. The molecule has 0 spiro atoms. The molecule has 0 radical (unpaired) electrons. The summed E-state index contributed by atoms with van der Waals surface area (Å²) in [7, 11) is 1.56. The highest BCUT2D eigenvalue weighted by molar-refractivity contribution is 6.31. The van der Waals surface area contributed by atoms with Crippen molar-refractivity contribution in [2.45, 2.75) is 0 Å². The van der Waals surface area contributed by atoms with Gasteiger partial charge in [0.15, 0.2) is 17.4 Å². The van der Waals surface area contributed by atoms with Crippen LogP contribution in [0.4, 0.5) is 17.3 Å². The van der Waals surface area contributed by atoms with E-state index in [4.69, 9.17) is 20.8 Å². The molecule has 3 aromatic rings. The van der Waals surface area contributed by atoms with Crippen LogP contribution in [0.1, 0.15) is 10.6 Å². The third-order valence-corrected chi connectivity index (χ3v) is 3.31. The van der Waals surface area contributed by atoms with Crippen LogP contribution in [0.5, 0.6) is 5.75 Å². The van der Waals surface area contributed by atoms with E-state index in [0.29, 0.717) is 28.1 Å². The number of ether oxygens (including phenoxy) is 1. The van der Waals surface area contributed by atoms with Gasteiger partial charge in [0.2, 0.25) is 0 Å². The van der Waals surface area contributed by atoms with Crippen LogP contribution >= 0.6 is 11.6 Å². The van der Waals surface area contributed by atoms with E-state index >= 15 is 0 Å². The summed E-state index contributed by atoms with van der Waals surface area (Å²) in [4.78, 5) is 11.9. The molecule has 0 aliphatic rings. The van der Waals surface area contributed by atoms with Gasteiger partial charge >= 0.3 is 0 Å². The number of nitrogens with zero attached hydrogens (tertiary/aromatic N) is 2. The predicted octanol–water partition coefficient (Wildman–Crippen LogP) is 3.73. The van der Waals surface area contributed by atoms with E-state index in [-0.39, 0.29) is 5.76 Å². The first-order chi connectivity index (χ1) is 11.7. The minimum atomic E-state index is -0.397. The van der Waals surface area contributed by atoms with Crippen molar-refractivity contribution < 1.29 is 13.9 Å². The van der Waals surface area contributed by atoms with Gasteiger partial charge in [0.1, 0.15) is 5.75 Å². The van der Waals surface area contributed by atoms with Gasteiger partial charge in [-0.05, 0) is 42.5 Å². The third-order valence-electron chi connectivity index (χ3n) is 3.08. The van der Waals surface area contributed by atoms with E-state index in [1.54, 1.807) is 49.6 Å². The van der Waals surface area contributed by atoms with Crippen LogP contribution in [0.3, 0.4) is 0 Å². The molecule has 1 aromatic carbocycles. The van der Waals surface area contributed by atoms with Crippen molar-refractivity contribution in [1.82, 2.24) is 10.2 Å². The number of rotatable bonds is 5. The molecule has 7 nitrogen and oxygen atoms in total. The first-order valence-corrected chi connectivity index (χ1v) is 7.32. The maximum absolute atomic E-state index is 11.9. The Bertz CT molecular complexity index is 835. The fourth-order valence-corrected chi connectivity index (χ4v) is 2.14. The molecule has 0 bridgehead atoms. The average Bonchev–Trinajstić information content (AvgIpc) is 3.11.